The van der Waals surface area contributed by atoms with Gasteiger partial charge in [0.15, 0.2) is 6.61 Å². The molecule has 0 spiro atoms. The lowest BCUT2D eigenvalue weighted by molar-refractivity contribution is -0.153. The van der Waals surface area contributed by atoms with Crippen molar-refractivity contribution in [1.29, 1.82) is 0 Å². The maximum absolute atomic E-state index is 14.0. The number of carbonyl (C=O) groups excluding carboxylic acids is 1. The van der Waals surface area contributed by atoms with Crippen molar-refractivity contribution in [3.8, 4) is 5.75 Å². The molecule has 0 saturated heterocycles. The van der Waals surface area contributed by atoms with E-state index in [1.54, 1.807) is 19.1 Å². The second kappa shape index (κ2) is 8.11. The van der Waals surface area contributed by atoms with Crippen molar-refractivity contribution in [1.82, 2.24) is 5.32 Å². The zero-order valence-corrected chi connectivity index (χ0v) is 16.9. The molecule has 0 aliphatic heterocycles. The Morgan fingerprint density at radius 2 is 1.84 bits per heavy atom. The van der Waals surface area contributed by atoms with Crippen LogP contribution >= 0.6 is 0 Å². The van der Waals surface area contributed by atoms with Crippen molar-refractivity contribution < 1.29 is 36.6 Å². The summed E-state index contributed by atoms with van der Waals surface area (Å²) in [6, 6.07) is 7.46. The Morgan fingerprint density at radius 3 is 2.42 bits per heavy atom. The first kappa shape index (κ1) is 23.0. The lowest BCUT2D eigenvalue weighted by Crippen LogP contribution is -2.39. The van der Waals surface area contributed by atoms with Gasteiger partial charge in [0.1, 0.15) is 17.4 Å². The molecule has 0 aromatic heterocycles. The molecule has 31 heavy (non-hydrogen) atoms. The Hall–Kier alpha value is -2.68. The van der Waals surface area contributed by atoms with Crippen LogP contribution < -0.4 is 10.1 Å². The summed E-state index contributed by atoms with van der Waals surface area (Å²) in [5.41, 5.74) is -1.79. The molecule has 2 aromatic carbocycles. The number of aryl methyl sites for hydroxylation is 1. The summed E-state index contributed by atoms with van der Waals surface area (Å²) >= 11 is 0. The topological polar surface area (TPSA) is 58.6 Å². The van der Waals surface area contributed by atoms with Crippen LogP contribution in [0.3, 0.4) is 0 Å². The molecule has 1 saturated carbocycles. The van der Waals surface area contributed by atoms with Crippen LogP contribution in [-0.4, -0.2) is 23.8 Å². The van der Waals surface area contributed by atoms with E-state index in [0.29, 0.717) is 30.0 Å². The number of hydrogen-bond donors (Lipinski definition) is 2. The molecule has 1 aliphatic carbocycles. The Balaban J connectivity index is 1.73. The van der Waals surface area contributed by atoms with Crippen molar-refractivity contribution in [2.45, 2.75) is 50.4 Å². The smallest absolute Gasteiger partial charge is 0.422 e. The summed E-state index contributed by atoms with van der Waals surface area (Å²) in [6.07, 6.45) is -3.86. The van der Waals surface area contributed by atoms with Crippen LogP contribution in [0.1, 0.15) is 42.9 Å². The van der Waals surface area contributed by atoms with Crippen LogP contribution in [0.15, 0.2) is 36.4 Å². The van der Waals surface area contributed by atoms with Gasteiger partial charge < -0.3 is 15.2 Å². The molecule has 168 valence electrons. The molecule has 2 aromatic rings. The largest absolute Gasteiger partial charge is 0.484 e. The summed E-state index contributed by atoms with van der Waals surface area (Å²) in [5, 5.41) is 13.4. The fourth-order valence-corrected chi connectivity index (χ4v) is 3.47. The fraction of sp³-hybridized carbons (Fsp3) is 0.409. The molecule has 0 bridgehead atoms. The number of rotatable bonds is 7. The number of hydrogen-bond acceptors (Lipinski definition) is 3. The van der Waals surface area contributed by atoms with E-state index in [1.807, 2.05) is 0 Å². The molecule has 0 radical (unpaired) electrons. The Morgan fingerprint density at radius 1 is 1.16 bits per heavy atom. The second-order valence-corrected chi connectivity index (χ2v) is 8.09. The van der Waals surface area contributed by atoms with Gasteiger partial charge in [-0.2, -0.15) is 13.2 Å². The monoisotopic (exact) mass is 443 g/mol. The van der Waals surface area contributed by atoms with Crippen molar-refractivity contribution in [2.24, 2.45) is 0 Å². The quantitative estimate of drug-likeness (QED) is 0.615. The van der Waals surface area contributed by atoms with E-state index < -0.39 is 47.9 Å². The van der Waals surface area contributed by atoms with E-state index in [2.05, 4.69) is 5.32 Å². The predicted octanol–water partition coefficient (Wildman–Crippen LogP) is 4.62. The SMILES string of the molecule is Cc1ccc(C2(NC(=O)C[C@](C)(O)c3ccc(F)cc3F)CC2)cc1OCC(F)(F)F. The van der Waals surface area contributed by atoms with Gasteiger partial charge in [-0.05, 0) is 49.9 Å². The zero-order valence-electron chi connectivity index (χ0n) is 16.9. The van der Waals surface area contributed by atoms with E-state index in [9.17, 15) is 31.9 Å². The van der Waals surface area contributed by atoms with Gasteiger partial charge in [-0.3, -0.25) is 4.79 Å². The molecule has 0 heterocycles. The molecule has 4 nitrogen and oxygen atoms in total. The molecule has 1 fully saturated rings. The molecular weight excluding hydrogens is 421 g/mol. The first-order valence-electron chi connectivity index (χ1n) is 9.61. The third-order valence-electron chi connectivity index (χ3n) is 5.28. The number of nitrogens with one attached hydrogen (secondary N) is 1. The maximum Gasteiger partial charge on any atom is 0.422 e. The highest BCUT2D eigenvalue weighted by molar-refractivity contribution is 5.79. The van der Waals surface area contributed by atoms with Crippen LogP contribution in [0.2, 0.25) is 0 Å². The molecule has 1 atom stereocenters. The fourth-order valence-electron chi connectivity index (χ4n) is 3.47. The van der Waals surface area contributed by atoms with Gasteiger partial charge in [-0.15, -0.1) is 0 Å². The highest BCUT2D eigenvalue weighted by Crippen LogP contribution is 2.47. The number of carbonyl (C=O) groups is 1. The van der Waals surface area contributed by atoms with Gasteiger partial charge >= 0.3 is 6.18 Å². The minimum Gasteiger partial charge on any atom is -0.484 e. The lowest BCUT2D eigenvalue weighted by atomic mass is 9.91. The van der Waals surface area contributed by atoms with Crippen LogP contribution in [0.5, 0.6) is 5.75 Å². The van der Waals surface area contributed by atoms with Crippen LogP contribution in [-0.2, 0) is 15.9 Å². The second-order valence-electron chi connectivity index (χ2n) is 8.09. The molecule has 1 aliphatic rings. The van der Waals surface area contributed by atoms with E-state index in [-0.39, 0.29) is 11.3 Å². The summed E-state index contributed by atoms with van der Waals surface area (Å²) in [4.78, 5) is 12.6. The average Bonchev–Trinajstić information content (AvgIpc) is 3.39. The molecular formula is C22H22F5NO3. The average molecular weight is 443 g/mol. The maximum atomic E-state index is 14.0. The van der Waals surface area contributed by atoms with Crippen molar-refractivity contribution in [2.75, 3.05) is 6.61 Å². The summed E-state index contributed by atoms with van der Waals surface area (Å²) in [7, 11) is 0. The van der Waals surface area contributed by atoms with E-state index >= 15 is 0 Å². The highest BCUT2D eigenvalue weighted by atomic mass is 19.4. The number of benzene rings is 2. The van der Waals surface area contributed by atoms with Gasteiger partial charge in [0.25, 0.3) is 0 Å². The van der Waals surface area contributed by atoms with E-state index in [4.69, 9.17) is 4.74 Å². The van der Waals surface area contributed by atoms with Crippen LogP contribution in [0.4, 0.5) is 22.0 Å². The minimum atomic E-state index is -4.48. The molecule has 3 rings (SSSR count). The van der Waals surface area contributed by atoms with Gasteiger partial charge in [0.05, 0.1) is 17.6 Å². The number of ether oxygens (including phenoxy) is 1. The first-order chi connectivity index (χ1) is 14.3. The number of alkyl halides is 3. The predicted molar refractivity (Wildman–Crippen MR) is 102 cm³/mol. The Kier molecular flexibility index (Phi) is 6.01. The Bertz CT molecular complexity index is 984. The van der Waals surface area contributed by atoms with Crippen molar-refractivity contribution in [3.05, 3.63) is 64.7 Å². The number of amides is 1. The normalized spacial score (nSPS) is 17.0. The highest BCUT2D eigenvalue weighted by Gasteiger charge is 2.46. The van der Waals surface area contributed by atoms with E-state index in [0.717, 1.165) is 12.1 Å². The molecule has 9 heteroatoms. The summed E-state index contributed by atoms with van der Waals surface area (Å²) in [5.74, 6) is -2.29. The van der Waals surface area contributed by atoms with Crippen LogP contribution in [0, 0.1) is 18.6 Å². The molecule has 2 N–H and O–H groups in total. The first-order valence-corrected chi connectivity index (χ1v) is 9.61. The van der Waals surface area contributed by atoms with Crippen molar-refractivity contribution >= 4 is 5.91 Å². The molecule has 0 unspecified atom stereocenters. The summed E-state index contributed by atoms with van der Waals surface area (Å²) < 4.78 is 69.5. The van der Waals surface area contributed by atoms with Crippen molar-refractivity contribution in [3.63, 3.8) is 0 Å². The van der Waals surface area contributed by atoms with Gasteiger partial charge in [-0.1, -0.05) is 18.2 Å². The minimum absolute atomic E-state index is 0.0655. The summed E-state index contributed by atoms with van der Waals surface area (Å²) in [6.45, 7) is 1.43. The third-order valence-corrected chi connectivity index (χ3v) is 5.28. The van der Waals surface area contributed by atoms with Gasteiger partial charge in [-0.25, -0.2) is 8.78 Å². The number of halogens is 5. The lowest BCUT2D eigenvalue weighted by Gasteiger charge is -2.26. The number of aliphatic hydroxyl groups is 1. The molecule has 1 amide bonds. The third kappa shape index (κ3) is 5.52. The van der Waals surface area contributed by atoms with Gasteiger partial charge in [0, 0.05) is 11.6 Å². The van der Waals surface area contributed by atoms with E-state index in [1.165, 1.54) is 13.0 Å². The van der Waals surface area contributed by atoms with Crippen LogP contribution in [0.25, 0.3) is 0 Å². The van der Waals surface area contributed by atoms with Gasteiger partial charge in [0.2, 0.25) is 5.91 Å². The Labute approximate surface area is 176 Å². The zero-order chi connectivity index (χ0) is 23.0. The standard InChI is InChI=1S/C22H22F5NO3/c1-13-3-4-14(9-18(13)31-12-22(25,26)27)21(7-8-21)28-19(29)11-20(2,30)16-6-5-15(23)10-17(16)24/h3-6,9-10,30H,7-8,11-12H2,1-2H3,(H,28,29)/t20-/m0/s1.